The molecule has 0 N–H and O–H groups in total. The lowest BCUT2D eigenvalue weighted by molar-refractivity contribution is 0.291. The number of methoxy groups -OCH3 is 1. The second-order valence-corrected chi connectivity index (χ2v) is 5.98. The van der Waals surface area contributed by atoms with Gasteiger partial charge in [0.25, 0.3) is 5.95 Å². The maximum Gasteiger partial charge on any atom is 0.359 e. The van der Waals surface area contributed by atoms with Gasteiger partial charge in [0.2, 0.25) is 0 Å². The van der Waals surface area contributed by atoms with Crippen molar-refractivity contribution in [2.45, 2.75) is 0 Å². The van der Waals surface area contributed by atoms with Gasteiger partial charge in [0.05, 0.1) is 12.8 Å². The molecule has 144 valence electrons. The van der Waals surface area contributed by atoms with E-state index in [4.69, 9.17) is 13.8 Å². The molecule has 0 unspecified atom stereocenters. The van der Waals surface area contributed by atoms with Crippen molar-refractivity contribution in [3.8, 4) is 22.6 Å². The lowest BCUT2D eigenvalue weighted by atomic mass is 10.0. The lowest BCUT2D eigenvalue weighted by Crippen LogP contribution is -2.18. The fraction of sp³-hybridized carbons (Fsp3) is 0.150. The molecule has 2 aromatic carbocycles. The predicted octanol–water partition coefficient (Wildman–Crippen LogP) is 2.64. The Labute approximate surface area is 160 Å². The molecule has 1 aromatic heterocycles. The van der Waals surface area contributed by atoms with Crippen molar-refractivity contribution < 1.29 is 13.8 Å². The zero-order valence-corrected chi connectivity index (χ0v) is 15.7. The summed E-state index contributed by atoms with van der Waals surface area (Å²) in [5.74, 6) is 0.645. The van der Waals surface area contributed by atoms with E-state index in [2.05, 4.69) is 5.16 Å². The Morgan fingerprint density at radius 3 is 2.36 bits per heavy atom. The molecular formula is C20H19N3O5. The Balaban J connectivity index is 2.45. The number of anilines is 1. The molecule has 0 aliphatic rings. The first kappa shape index (κ1) is 19.0. The number of hydrogen-bond donors (Lipinski definition) is 0. The van der Waals surface area contributed by atoms with E-state index in [-0.39, 0.29) is 5.95 Å². The predicted molar refractivity (Wildman–Crippen MR) is 105 cm³/mol. The summed E-state index contributed by atoms with van der Waals surface area (Å²) in [5.41, 5.74) is 0.597. The van der Waals surface area contributed by atoms with E-state index in [1.165, 1.54) is 11.8 Å². The Kier molecular flexibility index (Phi) is 5.59. The quantitative estimate of drug-likeness (QED) is 0.686. The van der Waals surface area contributed by atoms with Gasteiger partial charge in [-0.1, -0.05) is 30.3 Å². The Morgan fingerprint density at radius 1 is 0.964 bits per heavy atom. The highest BCUT2D eigenvalue weighted by Gasteiger charge is 2.15. The fourth-order valence-corrected chi connectivity index (χ4v) is 2.54. The van der Waals surface area contributed by atoms with Gasteiger partial charge in [-0.15, -0.1) is 4.74 Å². The van der Waals surface area contributed by atoms with Gasteiger partial charge in [-0.05, 0) is 22.9 Å². The minimum absolute atomic E-state index is 0.0934. The molecular weight excluding hydrogens is 362 g/mol. The number of hydrogen-bond acceptors (Lipinski definition) is 7. The van der Waals surface area contributed by atoms with Crippen LogP contribution in [0.25, 0.3) is 16.8 Å². The van der Waals surface area contributed by atoms with Crippen LogP contribution < -0.4 is 20.9 Å². The molecule has 0 spiro atoms. The third kappa shape index (κ3) is 4.12. The van der Waals surface area contributed by atoms with Crippen LogP contribution in [0.1, 0.15) is 0 Å². The molecule has 28 heavy (non-hydrogen) atoms. The smallest absolute Gasteiger partial charge is 0.359 e. The van der Waals surface area contributed by atoms with Crippen molar-refractivity contribution in [1.29, 1.82) is 0 Å². The molecule has 0 aliphatic carbocycles. The van der Waals surface area contributed by atoms with Gasteiger partial charge in [-0.2, -0.15) is 0 Å². The largest absolute Gasteiger partial charge is 0.497 e. The van der Waals surface area contributed by atoms with Crippen LogP contribution >= 0.6 is 0 Å². The third-order valence-corrected chi connectivity index (χ3v) is 3.84. The number of aromatic nitrogens is 2. The van der Waals surface area contributed by atoms with Crippen LogP contribution in [-0.4, -0.2) is 31.1 Å². The first-order chi connectivity index (χ1) is 13.5. The number of rotatable bonds is 4. The monoisotopic (exact) mass is 381 g/mol. The fourth-order valence-electron chi connectivity index (χ4n) is 2.54. The van der Waals surface area contributed by atoms with Crippen molar-refractivity contribution in [2.24, 2.45) is 0 Å². The molecule has 3 aromatic rings. The van der Waals surface area contributed by atoms with Gasteiger partial charge in [0.15, 0.2) is 0 Å². The normalized spacial score (nSPS) is 10.2. The van der Waals surface area contributed by atoms with E-state index >= 15 is 0 Å². The minimum Gasteiger partial charge on any atom is -0.497 e. The van der Waals surface area contributed by atoms with Crippen LogP contribution in [0.15, 0.2) is 79.3 Å². The molecule has 3 rings (SSSR count). The summed E-state index contributed by atoms with van der Waals surface area (Å²) < 4.78 is 16.9. The molecule has 0 radical (unpaired) electrons. The summed E-state index contributed by atoms with van der Waals surface area (Å²) >= 11 is 0. The SMILES string of the molecule is COc1ccc(-c2ccccc2)c(-n2oc(=O)ccc(=O)onc2N(C)C)c1. The Hall–Kier alpha value is -3.81. The molecule has 0 atom stereocenters. The van der Waals surface area contributed by atoms with Gasteiger partial charge in [-0.3, -0.25) is 0 Å². The van der Waals surface area contributed by atoms with Crippen LogP contribution in [0.3, 0.4) is 0 Å². The van der Waals surface area contributed by atoms with Crippen LogP contribution in [0.2, 0.25) is 0 Å². The molecule has 0 saturated heterocycles. The summed E-state index contributed by atoms with van der Waals surface area (Å²) in [4.78, 5) is 25.4. The molecule has 0 fully saturated rings. The maximum atomic E-state index is 12.2. The lowest BCUT2D eigenvalue weighted by Gasteiger charge is -2.17. The van der Waals surface area contributed by atoms with Crippen LogP contribution in [0, 0.1) is 0 Å². The molecule has 0 saturated carbocycles. The second-order valence-electron chi connectivity index (χ2n) is 5.98. The van der Waals surface area contributed by atoms with Gasteiger partial charge < -0.3 is 18.7 Å². The van der Waals surface area contributed by atoms with E-state index in [0.717, 1.165) is 23.3 Å². The molecule has 0 amide bonds. The van der Waals surface area contributed by atoms with Gasteiger partial charge in [0.1, 0.15) is 5.75 Å². The van der Waals surface area contributed by atoms with E-state index in [0.29, 0.717) is 11.4 Å². The molecule has 1 heterocycles. The van der Waals surface area contributed by atoms with Crippen LogP contribution in [0.5, 0.6) is 5.75 Å². The van der Waals surface area contributed by atoms with E-state index in [9.17, 15) is 9.59 Å². The van der Waals surface area contributed by atoms with Crippen molar-refractivity contribution in [3.05, 3.63) is 81.5 Å². The summed E-state index contributed by atoms with van der Waals surface area (Å²) in [6.07, 6.45) is 0. The number of ether oxygens (including phenoxy) is 1. The molecule has 0 bridgehead atoms. The molecule has 8 heteroatoms. The van der Waals surface area contributed by atoms with Crippen molar-refractivity contribution >= 4 is 5.95 Å². The van der Waals surface area contributed by atoms with Gasteiger partial charge in [-0.25, -0.2) is 9.59 Å². The summed E-state index contributed by atoms with van der Waals surface area (Å²) in [5, 5.41) is 3.86. The highest BCUT2D eigenvalue weighted by atomic mass is 16.5. The van der Waals surface area contributed by atoms with E-state index in [1.807, 2.05) is 36.4 Å². The summed E-state index contributed by atoms with van der Waals surface area (Å²) in [6.45, 7) is 0. The third-order valence-electron chi connectivity index (χ3n) is 3.84. The average molecular weight is 381 g/mol. The highest BCUT2D eigenvalue weighted by molar-refractivity contribution is 5.74. The summed E-state index contributed by atoms with van der Waals surface area (Å²) in [6, 6.07) is 16.8. The highest BCUT2D eigenvalue weighted by Crippen LogP contribution is 2.31. The van der Waals surface area contributed by atoms with Gasteiger partial charge in [0, 0.05) is 37.9 Å². The number of nitrogens with zero attached hydrogens (tertiary/aromatic N) is 3. The topological polar surface area (TPSA) is 90.7 Å². The maximum absolute atomic E-state index is 12.2. The second kappa shape index (κ2) is 8.26. The zero-order chi connectivity index (χ0) is 20.1. The van der Waals surface area contributed by atoms with Crippen LogP contribution in [-0.2, 0) is 0 Å². The van der Waals surface area contributed by atoms with E-state index in [1.54, 1.807) is 31.1 Å². The van der Waals surface area contributed by atoms with Crippen molar-refractivity contribution in [2.75, 3.05) is 26.1 Å². The average Bonchev–Trinajstić information content (AvgIpc) is 2.78. The standard InChI is InChI=1S/C20H19N3O5/c1-22(2)20-21-27-18(24)11-12-19(25)28-23(20)17-13-15(26-3)9-10-16(17)14-7-5-4-6-8-14/h4-13H,1-3H3. The molecule has 0 aliphatic heterocycles. The van der Waals surface area contributed by atoms with E-state index < -0.39 is 11.3 Å². The van der Waals surface area contributed by atoms with Crippen LogP contribution in [0.4, 0.5) is 5.95 Å². The minimum atomic E-state index is -0.785. The zero-order valence-electron chi connectivity index (χ0n) is 15.7. The van der Waals surface area contributed by atoms with Crippen molar-refractivity contribution in [1.82, 2.24) is 9.90 Å². The first-order valence-corrected chi connectivity index (χ1v) is 8.39. The van der Waals surface area contributed by atoms with Gasteiger partial charge >= 0.3 is 11.3 Å². The number of benzene rings is 2. The summed E-state index contributed by atoms with van der Waals surface area (Å²) in [7, 11) is 4.90. The van der Waals surface area contributed by atoms with Crippen molar-refractivity contribution in [3.63, 3.8) is 0 Å². The Morgan fingerprint density at radius 2 is 1.68 bits per heavy atom. The molecule has 8 nitrogen and oxygen atoms in total. The Bertz CT molecular complexity index is 1130. The first-order valence-electron chi connectivity index (χ1n) is 8.39.